The summed E-state index contributed by atoms with van der Waals surface area (Å²) in [6, 6.07) is 8.20. The highest BCUT2D eigenvalue weighted by molar-refractivity contribution is 7.11. The Balaban J connectivity index is 0.00000112. The molecule has 2 rings (SSSR count). The van der Waals surface area contributed by atoms with Crippen LogP contribution in [0.15, 0.2) is 34.9 Å². The molecule has 4 heteroatoms. The average molecular weight is 244 g/mol. The molecular weight excluding hydrogens is 230 g/mol. The molecule has 0 aliphatic rings. The van der Waals surface area contributed by atoms with Crippen molar-refractivity contribution in [2.75, 3.05) is 0 Å². The van der Waals surface area contributed by atoms with Gasteiger partial charge in [-0.25, -0.2) is 0 Å². The van der Waals surface area contributed by atoms with Gasteiger partial charge in [0, 0.05) is 16.3 Å². The first-order valence-corrected chi connectivity index (χ1v) is 5.44. The van der Waals surface area contributed by atoms with Crippen molar-refractivity contribution < 1.29 is 4.42 Å². The monoisotopic (exact) mass is 243 g/mol. The molecule has 15 heavy (non-hydrogen) atoms. The molecule has 0 aliphatic heterocycles. The minimum atomic E-state index is 0. The van der Waals surface area contributed by atoms with Gasteiger partial charge in [-0.1, -0.05) is 0 Å². The molecule has 0 unspecified atom stereocenters. The Kier molecular flexibility index (Phi) is 4.88. The highest BCUT2D eigenvalue weighted by Crippen LogP contribution is 2.14. The van der Waals surface area contributed by atoms with Crippen LogP contribution in [0, 0.1) is 6.92 Å². The maximum atomic E-state index is 5.22. The molecule has 0 aliphatic carbocycles. The molecule has 1 N–H and O–H groups in total. The Labute approximate surface area is 99.7 Å². The minimum absolute atomic E-state index is 0. The molecule has 2 aromatic heterocycles. The van der Waals surface area contributed by atoms with Gasteiger partial charge in [-0.2, -0.15) is 0 Å². The molecule has 0 amide bonds. The molecule has 2 nitrogen and oxygen atoms in total. The van der Waals surface area contributed by atoms with Crippen LogP contribution in [0.4, 0.5) is 0 Å². The van der Waals surface area contributed by atoms with Crippen molar-refractivity contribution in [3.63, 3.8) is 0 Å². The summed E-state index contributed by atoms with van der Waals surface area (Å²) in [5, 5.41) is 3.33. The van der Waals surface area contributed by atoms with Crippen LogP contribution in [-0.2, 0) is 13.1 Å². The molecule has 0 saturated heterocycles. The van der Waals surface area contributed by atoms with E-state index in [0.29, 0.717) is 0 Å². The van der Waals surface area contributed by atoms with Crippen LogP contribution >= 0.6 is 23.7 Å². The maximum Gasteiger partial charge on any atom is 0.117 e. The summed E-state index contributed by atoms with van der Waals surface area (Å²) in [4.78, 5) is 2.73. The molecule has 0 radical (unpaired) electrons. The molecule has 0 saturated carbocycles. The van der Waals surface area contributed by atoms with Crippen LogP contribution in [0.25, 0.3) is 0 Å². The Bertz CT molecular complexity index is 383. The van der Waals surface area contributed by atoms with E-state index in [4.69, 9.17) is 4.42 Å². The summed E-state index contributed by atoms with van der Waals surface area (Å²) >= 11 is 1.83. The lowest BCUT2D eigenvalue weighted by molar-refractivity contribution is 0.483. The van der Waals surface area contributed by atoms with Crippen LogP contribution < -0.4 is 5.32 Å². The lowest BCUT2D eigenvalue weighted by atomic mass is 10.4. The zero-order valence-electron chi connectivity index (χ0n) is 8.53. The first kappa shape index (κ1) is 12.3. The number of furan rings is 1. The van der Waals surface area contributed by atoms with E-state index in [1.165, 1.54) is 9.75 Å². The van der Waals surface area contributed by atoms with E-state index < -0.39 is 0 Å². The molecule has 0 atom stereocenters. The van der Waals surface area contributed by atoms with Crippen molar-refractivity contribution in [3.8, 4) is 0 Å². The van der Waals surface area contributed by atoms with Crippen LogP contribution in [0.5, 0.6) is 0 Å². The van der Waals surface area contributed by atoms with E-state index >= 15 is 0 Å². The number of hydrogen-bond acceptors (Lipinski definition) is 3. The molecule has 0 aromatic carbocycles. The predicted molar refractivity (Wildman–Crippen MR) is 65.6 cm³/mol. The Morgan fingerprint density at radius 1 is 1.27 bits per heavy atom. The lowest BCUT2D eigenvalue weighted by Crippen LogP contribution is -2.10. The van der Waals surface area contributed by atoms with E-state index in [1.807, 2.05) is 23.5 Å². The van der Waals surface area contributed by atoms with Crippen molar-refractivity contribution in [3.05, 3.63) is 46.0 Å². The highest BCUT2D eigenvalue weighted by Gasteiger charge is 1.97. The van der Waals surface area contributed by atoms with Crippen molar-refractivity contribution in [1.82, 2.24) is 5.32 Å². The molecule has 82 valence electrons. The zero-order valence-corrected chi connectivity index (χ0v) is 10.2. The minimum Gasteiger partial charge on any atom is -0.468 e. The Morgan fingerprint density at radius 2 is 2.13 bits per heavy atom. The summed E-state index contributed by atoms with van der Waals surface area (Å²) in [5.74, 6) is 0.985. The van der Waals surface area contributed by atoms with Gasteiger partial charge in [-0.15, -0.1) is 23.7 Å². The normalized spacial score (nSPS) is 9.93. The number of halogens is 1. The molecule has 0 fully saturated rings. The van der Waals surface area contributed by atoms with E-state index in [0.717, 1.165) is 18.8 Å². The van der Waals surface area contributed by atoms with Gasteiger partial charge in [0.1, 0.15) is 5.76 Å². The number of hydrogen-bond donors (Lipinski definition) is 1. The second-order valence-corrected chi connectivity index (χ2v) is 4.57. The summed E-state index contributed by atoms with van der Waals surface area (Å²) in [6.45, 7) is 3.84. The maximum absolute atomic E-state index is 5.22. The van der Waals surface area contributed by atoms with E-state index in [9.17, 15) is 0 Å². The summed E-state index contributed by atoms with van der Waals surface area (Å²) in [5.41, 5.74) is 0. The van der Waals surface area contributed by atoms with Crippen molar-refractivity contribution in [2.24, 2.45) is 0 Å². The van der Waals surface area contributed by atoms with Gasteiger partial charge in [0.2, 0.25) is 0 Å². The fourth-order valence-corrected chi connectivity index (χ4v) is 2.16. The van der Waals surface area contributed by atoms with E-state index in [-0.39, 0.29) is 12.4 Å². The van der Waals surface area contributed by atoms with Crippen molar-refractivity contribution in [1.29, 1.82) is 0 Å². The Hall–Kier alpha value is -0.770. The largest absolute Gasteiger partial charge is 0.468 e. The summed E-state index contributed by atoms with van der Waals surface area (Å²) < 4.78 is 5.22. The van der Waals surface area contributed by atoms with Gasteiger partial charge in [0.25, 0.3) is 0 Å². The van der Waals surface area contributed by atoms with Gasteiger partial charge in [0.15, 0.2) is 0 Å². The van der Waals surface area contributed by atoms with Gasteiger partial charge < -0.3 is 9.73 Å². The third-order valence-electron chi connectivity index (χ3n) is 1.97. The Morgan fingerprint density at radius 3 is 2.73 bits per heavy atom. The van der Waals surface area contributed by atoms with Gasteiger partial charge >= 0.3 is 0 Å². The summed E-state index contributed by atoms with van der Waals surface area (Å²) in [7, 11) is 0. The summed E-state index contributed by atoms with van der Waals surface area (Å²) in [6.07, 6.45) is 1.70. The number of rotatable bonds is 4. The van der Waals surface area contributed by atoms with Gasteiger partial charge in [-0.05, 0) is 31.2 Å². The molecule has 2 heterocycles. The number of aryl methyl sites for hydroxylation is 1. The second-order valence-electron chi connectivity index (χ2n) is 3.20. The second kappa shape index (κ2) is 5.95. The van der Waals surface area contributed by atoms with Crippen LogP contribution in [-0.4, -0.2) is 0 Å². The third kappa shape index (κ3) is 3.70. The molecule has 2 aromatic rings. The predicted octanol–water partition coefficient (Wildman–Crippen LogP) is 3.36. The first-order chi connectivity index (χ1) is 6.84. The van der Waals surface area contributed by atoms with Gasteiger partial charge in [-0.3, -0.25) is 0 Å². The van der Waals surface area contributed by atoms with Crippen LogP contribution in [0.2, 0.25) is 0 Å². The average Bonchev–Trinajstić information content (AvgIpc) is 2.77. The quantitative estimate of drug-likeness (QED) is 0.891. The number of thiophene rings is 1. The fraction of sp³-hybridized carbons (Fsp3) is 0.273. The smallest absolute Gasteiger partial charge is 0.117 e. The molecule has 0 bridgehead atoms. The van der Waals surface area contributed by atoms with Crippen molar-refractivity contribution >= 4 is 23.7 Å². The van der Waals surface area contributed by atoms with E-state index in [2.05, 4.69) is 24.4 Å². The zero-order chi connectivity index (χ0) is 9.80. The van der Waals surface area contributed by atoms with Crippen molar-refractivity contribution in [2.45, 2.75) is 20.0 Å². The van der Waals surface area contributed by atoms with Crippen LogP contribution in [0.1, 0.15) is 15.5 Å². The van der Waals surface area contributed by atoms with Gasteiger partial charge in [0.05, 0.1) is 12.8 Å². The van der Waals surface area contributed by atoms with E-state index in [1.54, 1.807) is 6.26 Å². The lowest BCUT2D eigenvalue weighted by Gasteiger charge is -1.99. The highest BCUT2D eigenvalue weighted by atomic mass is 35.5. The number of nitrogens with one attached hydrogen (secondary N) is 1. The molecule has 0 spiro atoms. The first-order valence-electron chi connectivity index (χ1n) is 4.63. The van der Waals surface area contributed by atoms with Crippen LogP contribution in [0.3, 0.4) is 0 Å². The topological polar surface area (TPSA) is 25.2 Å². The molecular formula is C11H14ClNOS. The third-order valence-corrected chi connectivity index (χ3v) is 2.98. The standard InChI is InChI=1S/C11H13NOS.ClH/c1-9-4-5-11(14-9)8-12-7-10-3-2-6-13-10;/h2-6,12H,7-8H2,1H3;1H. The SMILES string of the molecule is Cc1ccc(CNCc2ccco2)s1.Cl. The fourth-order valence-electron chi connectivity index (χ4n) is 1.30.